The Labute approximate surface area is 94.2 Å². The maximum Gasteiger partial charge on any atom is 0.298 e. The Bertz CT molecular complexity index is 439. The number of halogens is 2. The predicted molar refractivity (Wildman–Crippen MR) is 61.6 cm³/mol. The van der Waals surface area contributed by atoms with E-state index in [1.807, 2.05) is 12.1 Å². The maximum absolute atomic E-state index is 4.64. The summed E-state index contributed by atoms with van der Waals surface area (Å²) in [6.07, 6.45) is 0. The van der Waals surface area contributed by atoms with Gasteiger partial charge >= 0.3 is 0 Å². The van der Waals surface area contributed by atoms with Crippen molar-refractivity contribution in [3.63, 3.8) is 0 Å². The minimum Gasteiger partial charge on any atom is -0.293 e. The standard InChI is InChI=1S/C8H8Br2N2Si/c1-13(2)11-7-5(9)3-4-6(10)8(7)12-13/h3-4H,1-2H3. The van der Waals surface area contributed by atoms with Crippen molar-refractivity contribution in [3.8, 4) is 0 Å². The SMILES string of the molecule is C[Si]1(C)N=c2c(Br)ccc(Br)c2=N1. The van der Waals surface area contributed by atoms with Crippen molar-refractivity contribution in [2.45, 2.75) is 13.1 Å². The molecule has 0 aromatic heterocycles. The van der Waals surface area contributed by atoms with Crippen molar-refractivity contribution in [2.75, 3.05) is 0 Å². The fourth-order valence-corrected chi connectivity index (χ4v) is 4.06. The van der Waals surface area contributed by atoms with E-state index in [0.29, 0.717) is 0 Å². The molecule has 0 amide bonds. The monoisotopic (exact) mass is 318 g/mol. The van der Waals surface area contributed by atoms with Gasteiger partial charge in [0.1, 0.15) is 0 Å². The van der Waals surface area contributed by atoms with Crippen molar-refractivity contribution in [1.29, 1.82) is 0 Å². The molecule has 2 rings (SSSR count). The third-order valence-corrected chi connectivity index (χ3v) is 4.65. The Morgan fingerprint density at radius 2 is 1.38 bits per heavy atom. The molecule has 5 heteroatoms. The lowest BCUT2D eigenvalue weighted by atomic mass is 10.3. The van der Waals surface area contributed by atoms with Crippen molar-refractivity contribution in [2.24, 2.45) is 9.32 Å². The summed E-state index contributed by atoms with van der Waals surface area (Å²) in [6.45, 7) is 4.26. The molecule has 13 heavy (non-hydrogen) atoms. The molecule has 1 aromatic rings. The number of hydrogen-bond donors (Lipinski definition) is 0. The Kier molecular flexibility index (Phi) is 2.20. The molecular weight excluding hydrogens is 312 g/mol. The first-order valence-electron chi connectivity index (χ1n) is 3.93. The van der Waals surface area contributed by atoms with E-state index >= 15 is 0 Å². The lowest BCUT2D eigenvalue weighted by Gasteiger charge is -2.02. The minimum atomic E-state index is -1.72. The zero-order valence-electron chi connectivity index (χ0n) is 7.31. The molecule has 0 N–H and O–H groups in total. The summed E-state index contributed by atoms with van der Waals surface area (Å²) < 4.78 is 11.3. The van der Waals surface area contributed by atoms with Crippen LogP contribution < -0.4 is 10.7 Å². The van der Waals surface area contributed by atoms with Gasteiger partial charge in [0.2, 0.25) is 0 Å². The summed E-state index contributed by atoms with van der Waals surface area (Å²) >= 11 is 6.96. The molecule has 0 aliphatic carbocycles. The third kappa shape index (κ3) is 1.65. The minimum absolute atomic E-state index is 1.01. The summed E-state index contributed by atoms with van der Waals surface area (Å²) in [4.78, 5) is 0. The van der Waals surface area contributed by atoms with E-state index in [-0.39, 0.29) is 0 Å². The Balaban J connectivity index is 2.91. The van der Waals surface area contributed by atoms with Crippen LogP contribution in [-0.2, 0) is 0 Å². The smallest absolute Gasteiger partial charge is 0.293 e. The number of nitrogens with zero attached hydrogens (tertiary/aromatic N) is 2. The normalized spacial score (nSPS) is 17.5. The first-order valence-corrected chi connectivity index (χ1v) is 8.41. The Morgan fingerprint density at radius 1 is 1.00 bits per heavy atom. The van der Waals surface area contributed by atoms with Gasteiger partial charge in [-0.1, -0.05) is 0 Å². The van der Waals surface area contributed by atoms with E-state index in [0.717, 1.165) is 19.7 Å². The van der Waals surface area contributed by atoms with Crippen LogP contribution in [0.25, 0.3) is 0 Å². The van der Waals surface area contributed by atoms with Crippen LogP contribution in [0.15, 0.2) is 30.4 Å². The predicted octanol–water partition coefficient (Wildman–Crippen LogP) is 2.17. The molecule has 0 fully saturated rings. The lowest BCUT2D eigenvalue weighted by Crippen LogP contribution is -2.24. The maximum atomic E-state index is 4.64. The highest BCUT2D eigenvalue weighted by atomic mass is 79.9. The average Bonchev–Trinajstić information content (AvgIpc) is 2.35. The van der Waals surface area contributed by atoms with E-state index in [4.69, 9.17) is 0 Å². The summed E-state index contributed by atoms with van der Waals surface area (Å²) in [5.41, 5.74) is 0. The van der Waals surface area contributed by atoms with Crippen molar-refractivity contribution < 1.29 is 0 Å². The number of rotatable bonds is 0. The first kappa shape index (κ1) is 9.55. The van der Waals surface area contributed by atoms with Crippen LogP contribution in [0.2, 0.25) is 13.1 Å². The molecule has 0 saturated carbocycles. The highest BCUT2D eigenvalue weighted by Crippen LogP contribution is 2.13. The van der Waals surface area contributed by atoms with Crippen molar-refractivity contribution >= 4 is 40.3 Å². The van der Waals surface area contributed by atoms with Gasteiger partial charge in [0.05, 0.1) is 10.7 Å². The van der Waals surface area contributed by atoms with E-state index in [9.17, 15) is 0 Å². The Hall–Kier alpha value is -0.00312. The fraction of sp³-hybridized carbons (Fsp3) is 0.250. The number of hydrogen-bond acceptors (Lipinski definition) is 2. The van der Waals surface area contributed by atoms with Crippen molar-refractivity contribution in [3.05, 3.63) is 31.8 Å². The molecule has 0 saturated heterocycles. The van der Waals surface area contributed by atoms with Crippen LogP contribution in [0.5, 0.6) is 0 Å². The summed E-state index contributed by atoms with van der Waals surface area (Å²) in [5.74, 6) is 0. The second-order valence-corrected chi connectivity index (χ2v) is 8.59. The molecule has 0 radical (unpaired) electrons. The molecule has 0 bridgehead atoms. The highest BCUT2D eigenvalue weighted by molar-refractivity contribution is 9.11. The fourth-order valence-electron chi connectivity index (χ4n) is 1.32. The zero-order valence-corrected chi connectivity index (χ0v) is 11.5. The molecule has 2 nitrogen and oxygen atoms in total. The number of benzene rings is 1. The van der Waals surface area contributed by atoms with E-state index in [1.54, 1.807) is 0 Å². The van der Waals surface area contributed by atoms with Gasteiger partial charge in [0.25, 0.3) is 8.40 Å². The van der Waals surface area contributed by atoms with Gasteiger partial charge in [-0.15, -0.1) is 0 Å². The van der Waals surface area contributed by atoms with Crippen LogP contribution in [0.1, 0.15) is 0 Å². The average molecular weight is 320 g/mol. The molecule has 1 heterocycles. The second kappa shape index (κ2) is 3.00. The van der Waals surface area contributed by atoms with Gasteiger partial charge in [0.15, 0.2) is 0 Å². The molecule has 0 spiro atoms. The quantitative estimate of drug-likeness (QED) is 0.655. The van der Waals surface area contributed by atoms with E-state index < -0.39 is 8.40 Å². The van der Waals surface area contributed by atoms with Crippen LogP contribution in [0.3, 0.4) is 0 Å². The lowest BCUT2D eigenvalue weighted by molar-refractivity contribution is 1.31. The molecule has 1 aliphatic heterocycles. The molecule has 0 unspecified atom stereocenters. The Morgan fingerprint density at radius 3 is 1.77 bits per heavy atom. The van der Waals surface area contributed by atoms with Gasteiger partial charge in [-0.3, -0.25) is 9.32 Å². The van der Waals surface area contributed by atoms with Gasteiger partial charge in [-0.2, -0.15) is 0 Å². The van der Waals surface area contributed by atoms with Crippen LogP contribution in [-0.4, -0.2) is 8.40 Å². The molecular formula is C8H8Br2N2Si. The summed E-state index contributed by atoms with van der Waals surface area (Å²) in [7, 11) is -1.72. The van der Waals surface area contributed by atoms with Gasteiger partial charge in [-0.05, 0) is 57.1 Å². The van der Waals surface area contributed by atoms with Crippen LogP contribution in [0, 0.1) is 0 Å². The molecule has 0 atom stereocenters. The molecule has 1 aliphatic rings. The van der Waals surface area contributed by atoms with Gasteiger partial charge in [0, 0.05) is 8.95 Å². The van der Waals surface area contributed by atoms with Crippen LogP contribution >= 0.6 is 31.9 Å². The van der Waals surface area contributed by atoms with Crippen molar-refractivity contribution in [1.82, 2.24) is 0 Å². The largest absolute Gasteiger partial charge is 0.298 e. The molecule has 1 aromatic carbocycles. The summed E-state index contributed by atoms with van der Waals surface area (Å²) in [6, 6.07) is 4.00. The van der Waals surface area contributed by atoms with Crippen LogP contribution in [0.4, 0.5) is 0 Å². The highest BCUT2D eigenvalue weighted by Gasteiger charge is 2.24. The summed E-state index contributed by atoms with van der Waals surface area (Å²) in [5, 5.41) is 2.01. The topological polar surface area (TPSA) is 24.7 Å². The third-order valence-electron chi connectivity index (χ3n) is 1.82. The molecule has 68 valence electrons. The zero-order chi connectivity index (χ0) is 9.64. The van der Waals surface area contributed by atoms with E-state index in [2.05, 4.69) is 54.3 Å². The van der Waals surface area contributed by atoms with Gasteiger partial charge in [-0.25, -0.2) is 0 Å². The first-order chi connectivity index (χ1) is 5.99. The van der Waals surface area contributed by atoms with Gasteiger partial charge < -0.3 is 0 Å². The second-order valence-electron chi connectivity index (χ2n) is 3.44. The van der Waals surface area contributed by atoms with E-state index in [1.165, 1.54) is 0 Å². The number of fused-ring (bicyclic) bond motifs is 1.